The molecule has 158 valence electrons. The molecule has 30 heavy (non-hydrogen) atoms. The van der Waals surface area contributed by atoms with E-state index in [1.807, 2.05) is 0 Å². The van der Waals surface area contributed by atoms with Crippen LogP contribution < -0.4 is 10.1 Å². The Bertz CT molecular complexity index is 893. The summed E-state index contributed by atoms with van der Waals surface area (Å²) < 4.78 is 9.94. The van der Waals surface area contributed by atoms with Gasteiger partial charge in [-0.3, -0.25) is 19.4 Å². The molecule has 2 aromatic carbocycles. The molecule has 1 amide bonds. The molecule has 0 heterocycles. The minimum atomic E-state index is -0.517. The molecule has 0 aliphatic carbocycles. The number of amides is 1. The standard InChI is InChI=1S/C21H24N4O5/c1-25(2)24-23-17-8-4-15(5-9-17)21(28)16-6-10-18(11-7-16)30-13-12-19(26)22-14-20(27)29-3/h4-11H,12-14H2,1-3H3,(H,22,26). The van der Waals surface area contributed by atoms with Gasteiger partial charge in [-0.15, -0.1) is 5.11 Å². The maximum atomic E-state index is 12.6. The summed E-state index contributed by atoms with van der Waals surface area (Å²) in [6.07, 6.45) is 0.0924. The average molecular weight is 412 g/mol. The van der Waals surface area contributed by atoms with Crippen molar-refractivity contribution in [1.82, 2.24) is 10.3 Å². The van der Waals surface area contributed by atoms with Crippen LogP contribution in [0.2, 0.25) is 0 Å². The fraction of sp³-hybridized carbons (Fsp3) is 0.286. The van der Waals surface area contributed by atoms with Crippen molar-refractivity contribution in [2.24, 2.45) is 10.3 Å². The highest BCUT2D eigenvalue weighted by Crippen LogP contribution is 2.18. The van der Waals surface area contributed by atoms with E-state index in [4.69, 9.17) is 4.74 Å². The number of carbonyl (C=O) groups excluding carboxylic acids is 3. The molecule has 0 radical (unpaired) electrons. The Labute approximate surface area is 174 Å². The first-order valence-corrected chi connectivity index (χ1v) is 9.19. The number of esters is 1. The van der Waals surface area contributed by atoms with E-state index in [9.17, 15) is 14.4 Å². The fourth-order valence-corrected chi connectivity index (χ4v) is 2.28. The minimum absolute atomic E-state index is 0.0924. The number of nitrogens with zero attached hydrogens (tertiary/aromatic N) is 3. The van der Waals surface area contributed by atoms with Crippen LogP contribution >= 0.6 is 0 Å². The smallest absolute Gasteiger partial charge is 0.325 e. The van der Waals surface area contributed by atoms with Gasteiger partial charge in [-0.2, -0.15) is 0 Å². The highest BCUT2D eigenvalue weighted by Gasteiger charge is 2.10. The second kappa shape index (κ2) is 11.3. The van der Waals surface area contributed by atoms with Gasteiger partial charge in [0.2, 0.25) is 5.91 Å². The molecule has 9 heteroatoms. The van der Waals surface area contributed by atoms with Crippen molar-refractivity contribution in [3.05, 3.63) is 59.7 Å². The third kappa shape index (κ3) is 7.34. The van der Waals surface area contributed by atoms with E-state index in [0.29, 0.717) is 22.6 Å². The predicted octanol–water partition coefficient (Wildman–Crippen LogP) is 2.54. The van der Waals surface area contributed by atoms with Gasteiger partial charge in [0.25, 0.3) is 0 Å². The van der Waals surface area contributed by atoms with Crippen LogP contribution in [0, 0.1) is 0 Å². The summed E-state index contributed by atoms with van der Waals surface area (Å²) in [5, 5.41) is 11.9. The molecule has 2 rings (SSSR count). The quantitative estimate of drug-likeness (QED) is 0.278. The molecule has 9 nitrogen and oxygen atoms in total. The molecule has 0 aliphatic heterocycles. The summed E-state index contributed by atoms with van der Waals surface area (Å²) >= 11 is 0. The van der Waals surface area contributed by atoms with E-state index in [-0.39, 0.29) is 31.3 Å². The SMILES string of the molecule is COC(=O)CNC(=O)CCOc1ccc(C(=O)c2ccc(N=NN(C)C)cc2)cc1. The Morgan fingerprint density at radius 2 is 1.57 bits per heavy atom. The van der Waals surface area contributed by atoms with Gasteiger partial charge in [-0.25, -0.2) is 0 Å². The van der Waals surface area contributed by atoms with E-state index >= 15 is 0 Å². The second-order valence-corrected chi connectivity index (χ2v) is 6.39. The van der Waals surface area contributed by atoms with E-state index in [0.717, 1.165) is 0 Å². The molecular formula is C21H24N4O5. The Kier molecular flexibility index (Phi) is 8.49. The summed E-state index contributed by atoms with van der Waals surface area (Å²) in [6, 6.07) is 13.5. The monoisotopic (exact) mass is 412 g/mol. The lowest BCUT2D eigenvalue weighted by Gasteiger charge is -2.08. The first-order chi connectivity index (χ1) is 14.4. The number of carbonyl (C=O) groups is 3. The number of benzene rings is 2. The molecule has 0 unspecified atom stereocenters. The topological polar surface area (TPSA) is 110 Å². The first-order valence-electron chi connectivity index (χ1n) is 9.19. The first kappa shape index (κ1) is 22.5. The lowest BCUT2D eigenvalue weighted by atomic mass is 10.0. The number of hydrogen-bond acceptors (Lipinski definition) is 7. The van der Waals surface area contributed by atoms with Gasteiger partial charge >= 0.3 is 5.97 Å². The number of hydrogen-bond donors (Lipinski definition) is 1. The van der Waals surface area contributed by atoms with E-state index in [1.54, 1.807) is 67.6 Å². The van der Waals surface area contributed by atoms with Gasteiger partial charge < -0.3 is 14.8 Å². The highest BCUT2D eigenvalue weighted by molar-refractivity contribution is 6.09. The summed E-state index contributed by atoms with van der Waals surface area (Å²) in [7, 11) is 4.79. The third-order valence-corrected chi connectivity index (χ3v) is 3.84. The lowest BCUT2D eigenvalue weighted by Crippen LogP contribution is -2.30. The molecule has 0 aromatic heterocycles. The van der Waals surface area contributed by atoms with Crippen LogP contribution in [-0.4, -0.2) is 57.0 Å². The predicted molar refractivity (Wildman–Crippen MR) is 110 cm³/mol. The molecule has 0 fully saturated rings. The molecule has 2 aromatic rings. The van der Waals surface area contributed by atoms with Crippen molar-refractivity contribution in [3.8, 4) is 5.75 Å². The summed E-state index contributed by atoms with van der Waals surface area (Å²) in [5.74, 6) is -0.426. The largest absolute Gasteiger partial charge is 0.493 e. The number of methoxy groups -OCH3 is 1. The summed E-state index contributed by atoms with van der Waals surface area (Å²) in [6.45, 7) is -0.0328. The Morgan fingerprint density at radius 3 is 2.13 bits per heavy atom. The molecule has 0 aliphatic rings. The van der Waals surface area contributed by atoms with Gasteiger partial charge in [-0.1, -0.05) is 5.22 Å². The Hall–Kier alpha value is -3.75. The number of ether oxygens (including phenoxy) is 2. The van der Waals surface area contributed by atoms with E-state index in [2.05, 4.69) is 20.4 Å². The minimum Gasteiger partial charge on any atom is -0.493 e. The number of rotatable bonds is 10. The van der Waals surface area contributed by atoms with Crippen LogP contribution in [0.5, 0.6) is 5.75 Å². The van der Waals surface area contributed by atoms with Crippen molar-refractivity contribution in [1.29, 1.82) is 0 Å². The zero-order valence-electron chi connectivity index (χ0n) is 17.1. The number of ketones is 1. The maximum Gasteiger partial charge on any atom is 0.325 e. The fourth-order valence-electron chi connectivity index (χ4n) is 2.28. The van der Waals surface area contributed by atoms with Crippen LogP contribution in [-0.2, 0) is 14.3 Å². The molecular weight excluding hydrogens is 388 g/mol. The Morgan fingerprint density at radius 1 is 0.967 bits per heavy atom. The third-order valence-electron chi connectivity index (χ3n) is 3.84. The van der Waals surface area contributed by atoms with Crippen molar-refractivity contribution < 1.29 is 23.9 Å². The van der Waals surface area contributed by atoms with Crippen LogP contribution in [0.1, 0.15) is 22.3 Å². The number of nitrogens with one attached hydrogen (secondary N) is 1. The molecule has 0 saturated carbocycles. The van der Waals surface area contributed by atoms with Gasteiger partial charge in [0.1, 0.15) is 12.3 Å². The van der Waals surface area contributed by atoms with Gasteiger partial charge in [0.05, 0.1) is 25.8 Å². The maximum absolute atomic E-state index is 12.6. The Balaban J connectivity index is 1.85. The molecule has 0 atom stereocenters. The van der Waals surface area contributed by atoms with Gasteiger partial charge in [-0.05, 0) is 48.5 Å². The average Bonchev–Trinajstić information content (AvgIpc) is 2.76. The molecule has 0 saturated heterocycles. The van der Waals surface area contributed by atoms with Gasteiger partial charge in [0, 0.05) is 25.2 Å². The zero-order valence-corrected chi connectivity index (χ0v) is 17.1. The van der Waals surface area contributed by atoms with E-state index in [1.165, 1.54) is 7.11 Å². The van der Waals surface area contributed by atoms with Crippen molar-refractivity contribution in [3.63, 3.8) is 0 Å². The van der Waals surface area contributed by atoms with Gasteiger partial charge in [0.15, 0.2) is 5.78 Å². The highest BCUT2D eigenvalue weighted by atomic mass is 16.5. The zero-order chi connectivity index (χ0) is 21.9. The van der Waals surface area contributed by atoms with Crippen molar-refractivity contribution in [2.45, 2.75) is 6.42 Å². The van der Waals surface area contributed by atoms with Crippen LogP contribution in [0.4, 0.5) is 5.69 Å². The molecule has 0 spiro atoms. The summed E-state index contributed by atoms with van der Waals surface area (Å²) in [4.78, 5) is 35.2. The molecule has 0 bridgehead atoms. The second-order valence-electron chi connectivity index (χ2n) is 6.39. The van der Waals surface area contributed by atoms with Crippen molar-refractivity contribution in [2.75, 3.05) is 34.4 Å². The van der Waals surface area contributed by atoms with Crippen LogP contribution in [0.15, 0.2) is 58.9 Å². The molecule has 1 N–H and O–H groups in total. The van der Waals surface area contributed by atoms with Crippen molar-refractivity contribution >= 4 is 23.3 Å². The van der Waals surface area contributed by atoms with Crippen LogP contribution in [0.3, 0.4) is 0 Å². The summed E-state index contributed by atoms with van der Waals surface area (Å²) in [5.41, 5.74) is 1.70. The lowest BCUT2D eigenvalue weighted by molar-refractivity contribution is -0.141. The van der Waals surface area contributed by atoms with E-state index < -0.39 is 5.97 Å². The van der Waals surface area contributed by atoms with Crippen LogP contribution in [0.25, 0.3) is 0 Å². The normalized spacial score (nSPS) is 10.5.